The van der Waals surface area contributed by atoms with E-state index in [2.05, 4.69) is 20.7 Å². The van der Waals surface area contributed by atoms with Gasteiger partial charge in [0.05, 0.1) is 41.2 Å². The molecule has 3 aliphatic rings. The fraction of sp³-hybridized carbons (Fsp3) is 0.435. The predicted octanol–water partition coefficient (Wildman–Crippen LogP) is 2.65. The highest BCUT2D eigenvalue weighted by Gasteiger charge is 2.42. The lowest BCUT2D eigenvalue weighted by molar-refractivity contribution is -0.135. The zero-order valence-electron chi connectivity index (χ0n) is 18.7. The summed E-state index contributed by atoms with van der Waals surface area (Å²) >= 11 is 3.11. The number of aromatic carboxylic acids is 1. The molecule has 2 saturated heterocycles. The van der Waals surface area contributed by atoms with Crippen LogP contribution in [-0.4, -0.2) is 72.0 Å². The second kappa shape index (κ2) is 8.90. The number of carboxylic acids is 1. The number of carbonyl (C=O) groups excluding carboxylic acids is 1. The quantitative estimate of drug-likeness (QED) is 0.342. The zero-order valence-corrected chi connectivity index (χ0v) is 20.3. The number of hydrogen-bond acceptors (Lipinski definition) is 7. The molecule has 3 fully saturated rings. The number of fused-ring (bicyclic) bond motifs is 2. The van der Waals surface area contributed by atoms with E-state index in [1.54, 1.807) is 6.20 Å². The first-order valence-corrected chi connectivity index (χ1v) is 11.9. The van der Waals surface area contributed by atoms with Crippen LogP contribution in [0.25, 0.3) is 10.9 Å². The molecule has 2 aliphatic heterocycles. The first-order valence-electron chi connectivity index (χ1n) is 11.1. The molecule has 0 bridgehead atoms. The number of hydrogen-bond donors (Lipinski definition) is 1. The van der Waals surface area contributed by atoms with Crippen molar-refractivity contribution in [1.29, 1.82) is 0 Å². The molecule has 1 saturated carbocycles. The van der Waals surface area contributed by atoms with Gasteiger partial charge in [-0.25, -0.2) is 18.4 Å². The lowest BCUT2D eigenvalue weighted by atomic mass is 10.1. The number of morpholine rings is 1. The molecular weight excluding hydrogens is 532 g/mol. The molecule has 2 atom stereocenters. The number of carboxylic acid groups (broad SMARTS) is 1. The van der Waals surface area contributed by atoms with Crippen molar-refractivity contribution in [2.75, 3.05) is 38.3 Å². The normalized spacial score (nSPS) is 22.2. The highest BCUT2D eigenvalue weighted by molar-refractivity contribution is 9.10. The Morgan fingerprint density at radius 3 is 2.66 bits per heavy atom. The van der Waals surface area contributed by atoms with Gasteiger partial charge >= 0.3 is 11.9 Å². The Balaban J connectivity index is 1.60. The molecule has 5 rings (SSSR count). The van der Waals surface area contributed by atoms with Crippen LogP contribution >= 0.6 is 15.9 Å². The van der Waals surface area contributed by atoms with Crippen molar-refractivity contribution in [3.63, 3.8) is 0 Å². The lowest BCUT2D eigenvalue weighted by Crippen LogP contribution is -2.48. The molecule has 3 heterocycles. The lowest BCUT2D eigenvalue weighted by Gasteiger charge is -2.35. The van der Waals surface area contributed by atoms with Gasteiger partial charge < -0.3 is 28.9 Å². The third-order valence-electron chi connectivity index (χ3n) is 6.71. The largest absolute Gasteiger partial charge is 0.477 e. The van der Waals surface area contributed by atoms with E-state index in [0.29, 0.717) is 26.0 Å². The zero-order chi connectivity index (χ0) is 25.0. The van der Waals surface area contributed by atoms with Crippen LogP contribution in [0.5, 0.6) is 0 Å². The molecule has 12 heteroatoms. The van der Waals surface area contributed by atoms with E-state index < -0.39 is 34.6 Å². The standard InChI is InChI=1S/C23H22BrF2N3O6/c1-34-15(30)4-5-27-6-7-35-14-10-28(9-13(14)27)21-18(25)17(24)16-20(19(21)26)29(11-2-3-11)8-12(22(16)31)23(32)33/h4-5,8,11,13-14H,2-3,6-7,9-10H2,1H3,(H,32,33)/b5-4+/t13-,14+/m1/s1. The third-order valence-corrected chi connectivity index (χ3v) is 7.45. The van der Waals surface area contributed by atoms with Crippen LogP contribution in [-0.2, 0) is 14.3 Å². The van der Waals surface area contributed by atoms with Crippen LogP contribution in [0.2, 0.25) is 0 Å². The Morgan fingerprint density at radius 1 is 1.26 bits per heavy atom. The van der Waals surface area contributed by atoms with Crippen molar-refractivity contribution in [3.05, 3.63) is 50.4 Å². The summed E-state index contributed by atoms with van der Waals surface area (Å²) in [5, 5.41) is 9.14. The Hall–Kier alpha value is -2.99. The molecule has 9 nitrogen and oxygen atoms in total. The topological polar surface area (TPSA) is 101 Å². The second-order valence-electron chi connectivity index (χ2n) is 8.79. The first kappa shape index (κ1) is 23.7. The van der Waals surface area contributed by atoms with Crippen molar-refractivity contribution in [1.82, 2.24) is 9.47 Å². The molecule has 0 unspecified atom stereocenters. The van der Waals surface area contributed by atoms with Crippen LogP contribution in [0.1, 0.15) is 29.2 Å². The summed E-state index contributed by atoms with van der Waals surface area (Å²) in [7, 11) is 1.27. The van der Waals surface area contributed by atoms with E-state index in [4.69, 9.17) is 4.74 Å². The molecule has 1 aromatic carbocycles. The van der Waals surface area contributed by atoms with Gasteiger partial charge in [0.2, 0.25) is 5.43 Å². The number of aromatic nitrogens is 1. The molecule has 0 amide bonds. The highest BCUT2D eigenvalue weighted by atomic mass is 79.9. The van der Waals surface area contributed by atoms with Crippen LogP contribution < -0.4 is 10.3 Å². The number of ether oxygens (including phenoxy) is 2. The smallest absolute Gasteiger partial charge is 0.341 e. The van der Waals surface area contributed by atoms with E-state index in [1.807, 2.05) is 4.90 Å². The van der Waals surface area contributed by atoms with Gasteiger partial charge in [-0.05, 0) is 28.8 Å². The number of carbonyl (C=O) groups is 2. The number of rotatable bonds is 5. The van der Waals surface area contributed by atoms with Crippen molar-refractivity contribution < 1.29 is 33.0 Å². The maximum atomic E-state index is 16.1. The van der Waals surface area contributed by atoms with E-state index >= 15 is 8.78 Å². The number of benzene rings is 1. The van der Waals surface area contributed by atoms with E-state index in [9.17, 15) is 19.5 Å². The first-order chi connectivity index (χ1) is 16.7. The average Bonchev–Trinajstić information content (AvgIpc) is 3.59. The fourth-order valence-corrected chi connectivity index (χ4v) is 5.42. The maximum Gasteiger partial charge on any atom is 0.341 e. The summed E-state index contributed by atoms with van der Waals surface area (Å²) in [6.45, 7) is 1.28. The monoisotopic (exact) mass is 553 g/mol. The second-order valence-corrected chi connectivity index (χ2v) is 9.58. The summed E-state index contributed by atoms with van der Waals surface area (Å²) in [5.41, 5.74) is -1.91. The van der Waals surface area contributed by atoms with E-state index in [-0.39, 0.29) is 52.3 Å². The molecule has 1 aliphatic carbocycles. The SMILES string of the molecule is COC(=O)/C=C/N1CCO[C@H]2CN(c3c(F)c(Br)c4c(=O)c(C(=O)O)cn(C5CC5)c4c3F)C[C@H]21. The van der Waals surface area contributed by atoms with Crippen molar-refractivity contribution in [2.45, 2.75) is 31.0 Å². The minimum atomic E-state index is -1.45. The highest BCUT2D eigenvalue weighted by Crippen LogP contribution is 2.43. The predicted molar refractivity (Wildman–Crippen MR) is 125 cm³/mol. The summed E-state index contributed by atoms with van der Waals surface area (Å²) in [6.07, 6.45) is 5.06. The Labute approximate surface area is 206 Å². The molecule has 0 radical (unpaired) electrons. The average molecular weight is 554 g/mol. The molecule has 186 valence electrons. The van der Waals surface area contributed by atoms with E-state index in [0.717, 1.165) is 6.20 Å². The van der Waals surface area contributed by atoms with Crippen molar-refractivity contribution in [3.8, 4) is 0 Å². The van der Waals surface area contributed by atoms with Gasteiger partial charge in [0.15, 0.2) is 11.6 Å². The fourth-order valence-electron chi connectivity index (χ4n) is 4.86. The number of pyridine rings is 1. The molecule has 35 heavy (non-hydrogen) atoms. The molecule has 2 aromatic rings. The van der Waals surface area contributed by atoms with Crippen LogP contribution in [0.4, 0.5) is 14.5 Å². The Bertz CT molecular complexity index is 1330. The number of esters is 1. The van der Waals surface area contributed by atoms with E-state index in [1.165, 1.54) is 22.7 Å². The number of nitrogens with zero attached hydrogens (tertiary/aromatic N) is 3. The van der Waals surface area contributed by atoms with Gasteiger partial charge in [-0.15, -0.1) is 0 Å². The van der Waals surface area contributed by atoms with Crippen molar-refractivity contribution in [2.24, 2.45) is 0 Å². The summed E-state index contributed by atoms with van der Waals surface area (Å²) in [6, 6.07) is -0.433. The third kappa shape index (κ3) is 3.98. The summed E-state index contributed by atoms with van der Waals surface area (Å²) in [5.74, 6) is -3.87. The molecular formula is C23H22BrF2N3O6. The Morgan fingerprint density at radius 2 is 2.00 bits per heavy atom. The van der Waals surface area contributed by atoms with Gasteiger partial charge in [-0.3, -0.25) is 4.79 Å². The molecule has 0 spiro atoms. The molecule has 1 N–H and O–H groups in total. The number of anilines is 1. The molecule has 1 aromatic heterocycles. The number of methoxy groups -OCH3 is 1. The summed E-state index contributed by atoms with van der Waals surface area (Å²) < 4.78 is 43.3. The van der Waals surface area contributed by atoms with Crippen molar-refractivity contribution >= 4 is 44.5 Å². The minimum Gasteiger partial charge on any atom is -0.477 e. The van der Waals surface area contributed by atoms with Gasteiger partial charge in [0, 0.05) is 44.1 Å². The summed E-state index contributed by atoms with van der Waals surface area (Å²) in [4.78, 5) is 39.4. The maximum absolute atomic E-state index is 16.1. The van der Waals surface area contributed by atoms with Crippen LogP contribution in [0, 0.1) is 11.6 Å². The number of halogens is 3. The van der Waals surface area contributed by atoms with Gasteiger partial charge in [0.25, 0.3) is 0 Å². The van der Waals surface area contributed by atoms with Gasteiger partial charge in [-0.1, -0.05) is 0 Å². The van der Waals surface area contributed by atoms with Gasteiger partial charge in [-0.2, -0.15) is 0 Å². The minimum absolute atomic E-state index is 0.121. The van der Waals surface area contributed by atoms with Crippen LogP contribution in [0.15, 0.2) is 27.7 Å². The van der Waals surface area contributed by atoms with Crippen LogP contribution in [0.3, 0.4) is 0 Å². The Kier molecular flexibility index (Phi) is 6.04. The van der Waals surface area contributed by atoms with Gasteiger partial charge in [0.1, 0.15) is 11.3 Å².